The lowest BCUT2D eigenvalue weighted by molar-refractivity contribution is 0.375. The Hall–Kier alpha value is -2.20. The summed E-state index contributed by atoms with van der Waals surface area (Å²) in [5, 5.41) is 10.9. The van der Waals surface area contributed by atoms with E-state index in [9.17, 15) is 4.39 Å². The zero-order chi connectivity index (χ0) is 19.1. The molecule has 0 aliphatic heterocycles. The molecule has 0 spiro atoms. The zero-order valence-electron chi connectivity index (χ0n) is 15.2. The van der Waals surface area contributed by atoms with E-state index < -0.39 is 0 Å². The minimum absolute atomic E-state index is 0. The third kappa shape index (κ3) is 6.45. The quantitative estimate of drug-likeness (QED) is 0.294. The lowest BCUT2D eigenvalue weighted by Gasteiger charge is -2.10. The number of rotatable bonds is 6. The van der Waals surface area contributed by atoms with Crippen LogP contribution in [0, 0.1) is 5.82 Å². The largest absolute Gasteiger partial charge is 0.356 e. The minimum atomic E-state index is -0.235. The summed E-state index contributed by atoms with van der Waals surface area (Å²) in [5.41, 5.74) is 1.83. The van der Waals surface area contributed by atoms with Gasteiger partial charge in [0, 0.05) is 24.2 Å². The summed E-state index contributed by atoms with van der Waals surface area (Å²) in [5.74, 6) is 1.29. The van der Waals surface area contributed by atoms with Crippen molar-refractivity contribution in [2.24, 2.45) is 4.99 Å². The number of aromatic nitrogens is 2. The molecule has 0 bridgehead atoms. The molecule has 3 rings (SSSR count). The molecule has 0 atom stereocenters. The van der Waals surface area contributed by atoms with Crippen LogP contribution < -0.4 is 10.6 Å². The molecule has 0 saturated heterocycles. The highest BCUT2D eigenvalue weighted by molar-refractivity contribution is 14.0. The van der Waals surface area contributed by atoms with Crippen LogP contribution in [0.15, 0.2) is 58.0 Å². The van der Waals surface area contributed by atoms with Crippen molar-refractivity contribution >= 4 is 41.5 Å². The SMILES string of the molecule is CN=C(NCCc1ccc(F)cc1)NCc1nc(-c2cccc(Cl)c2)no1.I. The Labute approximate surface area is 184 Å². The van der Waals surface area contributed by atoms with E-state index in [1.165, 1.54) is 12.1 Å². The Balaban J connectivity index is 0.00000280. The number of hydrogen-bond donors (Lipinski definition) is 2. The van der Waals surface area contributed by atoms with Gasteiger partial charge in [-0.25, -0.2) is 4.39 Å². The molecule has 1 heterocycles. The average molecular weight is 516 g/mol. The van der Waals surface area contributed by atoms with Gasteiger partial charge in [0.1, 0.15) is 5.82 Å². The highest BCUT2D eigenvalue weighted by Gasteiger charge is 2.09. The Morgan fingerprint density at radius 1 is 1.18 bits per heavy atom. The second-order valence-electron chi connectivity index (χ2n) is 5.75. The molecular weight excluding hydrogens is 496 g/mol. The third-order valence-corrected chi connectivity index (χ3v) is 4.04. The number of nitrogens with one attached hydrogen (secondary N) is 2. The molecule has 0 fully saturated rings. The van der Waals surface area contributed by atoms with Crippen LogP contribution in [0.1, 0.15) is 11.5 Å². The predicted octanol–water partition coefficient (Wildman–Crippen LogP) is 4.05. The van der Waals surface area contributed by atoms with Crippen molar-refractivity contribution < 1.29 is 8.91 Å². The lowest BCUT2D eigenvalue weighted by atomic mass is 10.1. The van der Waals surface area contributed by atoms with Gasteiger partial charge in [-0.15, -0.1) is 24.0 Å². The molecule has 148 valence electrons. The molecule has 2 N–H and O–H groups in total. The van der Waals surface area contributed by atoms with Crippen LogP contribution in [-0.2, 0) is 13.0 Å². The highest BCUT2D eigenvalue weighted by Crippen LogP contribution is 2.19. The first kappa shape index (κ1) is 22.1. The maximum Gasteiger partial charge on any atom is 0.246 e. The Kier molecular flexibility index (Phi) is 8.65. The molecule has 0 aliphatic carbocycles. The molecule has 0 radical (unpaired) electrons. The van der Waals surface area contributed by atoms with Crippen LogP contribution in [0.25, 0.3) is 11.4 Å². The van der Waals surface area contributed by atoms with Gasteiger partial charge in [-0.2, -0.15) is 4.98 Å². The fraction of sp³-hybridized carbons (Fsp3) is 0.211. The summed E-state index contributed by atoms with van der Waals surface area (Å²) in [6, 6.07) is 13.7. The Bertz CT molecular complexity index is 917. The van der Waals surface area contributed by atoms with Gasteiger partial charge in [-0.05, 0) is 36.2 Å². The van der Waals surface area contributed by atoms with Crippen molar-refractivity contribution in [2.75, 3.05) is 13.6 Å². The van der Waals surface area contributed by atoms with Gasteiger partial charge in [0.15, 0.2) is 5.96 Å². The number of guanidine groups is 1. The second kappa shape index (κ2) is 11.0. The number of benzene rings is 2. The van der Waals surface area contributed by atoms with Crippen LogP contribution in [0.5, 0.6) is 0 Å². The minimum Gasteiger partial charge on any atom is -0.356 e. The van der Waals surface area contributed by atoms with E-state index in [-0.39, 0.29) is 29.8 Å². The molecule has 9 heteroatoms. The van der Waals surface area contributed by atoms with E-state index in [2.05, 4.69) is 25.8 Å². The van der Waals surface area contributed by atoms with Crippen LogP contribution >= 0.6 is 35.6 Å². The van der Waals surface area contributed by atoms with Crippen LogP contribution in [0.2, 0.25) is 5.02 Å². The number of halogens is 3. The molecule has 0 unspecified atom stereocenters. The average Bonchev–Trinajstić information content (AvgIpc) is 3.15. The van der Waals surface area contributed by atoms with Crippen molar-refractivity contribution in [3.63, 3.8) is 0 Å². The van der Waals surface area contributed by atoms with E-state index in [0.717, 1.165) is 17.5 Å². The normalized spacial score (nSPS) is 11.0. The number of nitrogens with zero attached hydrogens (tertiary/aromatic N) is 3. The van der Waals surface area contributed by atoms with E-state index >= 15 is 0 Å². The van der Waals surface area contributed by atoms with E-state index in [0.29, 0.717) is 35.8 Å². The number of hydrogen-bond acceptors (Lipinski definition) is 4. The standard InChI is InChI=1S/C19H19ClFN5O.HI/c1-22-19(23-10-9-13-5-7-16(21)8-6-13)24-12-17-25-18(26-27-17)14-3-2-4-15(20)11-14;/h2-8,11H,9-10,12H2,1H3,(H2,22,23,24);1H. The first-order valence-electron chi connectivity index (χ1n) is 8.41. The molecule has 6 nitrogen and oxygen atoms in total. The summed E-state index contributed by atoms with van der Waals surface area (Å²) in [4.78, 5) is 8.50. The highest BCUT2D eigenvalue weighted by atomic mass is 127. The summed E-state index contributed by atoms with van der Waals surface area (Å²) >= 11 is 5.98. The summed E-state index contributed by atoms with van der Waals surface area (Å²) in [6.07, 6.45) is 0.750. The lowest BCUT2D eigenvalue weighted by Crippen LogP contribution is -2.37. The predicted molar refractivity (Wildman–Crippen MR) is 118 cm³/mol. The summed E-state index contributed by atoms with van der Waals surface area (Å²) in [7, 11) is 1.68. The van der Waals surface area contributed by atoms with Crippen molar-refractivity contribution in [3.8, 4) is 11.4 Å². The molecule has 0 amide bonds. The van der Waals surface area contributed by atoms with Crippen LogP contribution in [0.3, 0.4) is 0 Å². The molecular formula is C19H20ClFIN5O. The van der Waals surface area contributed by atoms with Crippen molar-refractivity contribution in [1.82, 2.24) is 20.8 Å². The molecule has 1 aromatic heterocycles. The fourth-order valence-corrected chi connectivity index (χ4v) is 2.62. The maximum absolute atomic E-state index is 12.9. The first-order valence-corrected chi connectivity index (χ1v) is 8.79. The van der Waals surface area contributed by atoms with E-state index in [1.54, 1.807) is 31.3 Å². The monoisotopic (exact) mass is 515 g/mol. The van der Waals surface area contributed by atoms with Gasteiger partial charge in [0.2, 0.25) is 11.7 Å². The summed E-state index contributed by atoms with van der Waals surface area (Å²) in [6.45, 7) is 0.993. The van der Waals surface area contributed by atoms with Crippen molar-refractivity contribution in [1.29, 1.82) is 0 Å². The third-order valence-electron chi connectivity index (χ3n) is 3.80. The Morgan fingerprint density at radius 3 is 2.68 bits per heavy atom. The molecule has 0 saturated carbocycles. The van der Waals surface area contributed by atoms with E-state index in [4.69, 9.17) is 16.1 Å². The van der Waals surface area contributed by atoms with Crippen LogP contribution in [-0.4, -0.2) is 29.7 Å². The second-order valence-corrected chi connectivity index (χ2v) is 6.19. The van der Waals surface area contributed by atoms with Crippen molar-refractivity contribution in [2.45, 2.75) is 13.0 Å². The van der Waals surface area contributed by atoms with Crippen molar-refractivity contribution in [3.05, 3.63) is 70.8 Å². The maximum atomic E-state index is 12.9. The van der Waals surface area contributed by atoms with Gasteiger partial charge in [0.05, 0.1) is 6.54 Å². The first-order chi connectivity index (χ1) is 13.1. The fourth-order valence-electron chi connectivity index (χ4n) is 2.43. The van der Waals surface area contributed by atoms with Crippen LogP contribution in [0.4, 0.5) is 4.39 Å². The van der Waals surface area contributed by atoms with Gasteiger partial charge >= 0.3 is 0 Å². The summed E-state index contributed by atoms with van der Waals surface area (Å²) < 4.78 is 18.2. The molecule has 3 aromatic rings. The Morgan fingerprint density at radius 2 is 1.96 bits per heavy atom. The smallest absolute Gasteiger partial charge is 0.246 e. The van der Waals surface area contributed by atoms with Gasteiger partial charge < -0.3 is 15.2 Å². The van der Waals surface area contributed by atoms with Gasteiger partial charge in [0.25, 0.3) is 0 Å². The topological polar surface area (TPSA) is 75.3 Å². The van der Waals surface area contributed by atoms with Gasteiger partial charge in [-0.3, -0.25) is 4.99 Å². The van der Waals surface area contributed by atoms with Gasteiger partial charge in [-0.1, -0.05) is 41.0 Å². The molecule has 0 aliphatic rings. The number of aliphatic imine (C=N–C) groups is 1. The molecule has 28 heavy (non-hydrogen) atoms. The van der Waals surface area contributed by atoms with E-state index in [1.807, 2.05) is 12.1 Å². The zero-order valence-corrected chi connectivity index (χ0v) is 18.2. The molecule has 2 aromatic carbocycles.